The van der Waals surface area contributed by atoms with Crippen LogP contribution in [0.25, 0.3) is 0 Å². The minimum atomic E-state index is -0.836. The van der Waals surface area contributed by atoms with Crippen LogP contribution in [-0.2, 0) is 4.79 Å². The predicted molar refractivity (Wildman–Crippen MR) is 80.5 cm³/mol. The molecule has 4 nitrogen and oxygen atoms in total. The summed E-state index contributed by atoms with van der Waals surface area (Å²) in [5.74, 6) is -0.102. The molecular weight excluding hydrogens is 240 g/mol. The Morgan fingerprint density at radius 2 is 1.89 bits per heavy atom. The molecule has 0 saturated carbocycles. The van der Waals surface area contributed by atoms with Gasteiger partial charge in [-0.15, -0.1) is 0 Å². The Labute approximate surface area is 118 Å². The van der Waals surface area contributed by atoms with Crippen LogP contribution in [0, 0.1) is 5.92 Å². The van der Waals surface area contributed by atoms with Crippen LogP contribution in [0.1, 0.15) is 54.4 Å². The lowest BCUT2D eigenvalue weighted by atomic mass is 9.96. The molecule has 2 N–H and O–H groups in total. The summed E-state index contributed by atoms with van der Waals surface area (Å²) >= 11 is 0. The third kappa shape index (κ3) is 6.92. The molecule has 0 aromatic rings. The van der Waals surface area contributed by atoms with Crippen LogP contribution in [0.2, 0.25) is 0 Å². The molecule has 0 amide bonds. The predicted octanol–water partition coefficient (Wildman–Crippen LogP) is 2.59. The van der Waals surface area contributed by atoms with Gasteiger partial charge in [0.2, 0.25) is 0 Å². The van der Waals surface area contributed by atoms with Gasteiger partial charge in [-0.25, -0.2) is 0 Å². The molecule has 0 radical (unpaired) electrons. The number of nitrogens with one attached hydrogen (secondary N) is 1. The lowest BCUT2D eigenvalue weighted by molar-refractivity contribution is -0.145. The molecule has 0 bridgehead atoms. The third-order valence-electron chi connectivity index (χ3n) is 3.72. The Hall–Kier alpha value is -0.610. The minimum Gasteiger partial charge on any atom is -0.480 e. The van der Waals surface area contributed by atoms with Crippen molar-refractivity contribution >= 4 is 5.97 Å². The summed E-state index contributed by atoms with van der Waals surface area (Å²) in [5.41, 5.74) is -0.836. The van der Waals surface area contributed by atoms with Crippen molar-refractivity contribution in [1.82, 2.24) is 10.2 Å². The number of nitrogens with zero attached hydrogens (tertiary/aromatic N) is 1. The van der Waals surface area contributed by atoms with Gasteiger partial charge >= 0.3 is 5.97 Å². The highest BCUT2D eigenvalue weighted by molar-refractivity contribution is 5.78. The van der Waals surface area contributed by atoms with Gasteiger partial charge in [-0.1, -0.05) is 27.2 Å². The summed E-state index contributed by atoms with van der Waals surface area (Å²) in [6.07, 6.45) is 1.79. The topological polar surface area (TPSA) is 52.6 Å². The number of rotatable bonds is 10. The third-order valence-corrected chi connectivity index (χ3v) is 3.72. The normalized spacial score (nSPS) is 16.6. The van der Waals surface area contributed by atoms with E-state index < -0.39 is 11.5 Å². The fourth-order valence-electron chi connectivity index (χ4n) is 2.21. The van der Waals surface area contributed by atoms with E-state index in [2.05, 4.69) is 31.0 Å². The number of carboxylic acids is 1. The van der Waals surface area contributed by atoms with Crippen LogP contribution < -0.4 is 5.32 Å². The van der Waals surface area contributed by atoms with E-state index in [4.69, 9.17) is 0 Å². The van der Waals surface area contributed by atoms with Gasteiger partial charge in [0.1, 0.15) is 5.54 Å². The quantitative estimate of drug-likeness (QED) is 0.642. The first-order valence-corrected chi connectivity index (χ1v) is 7.48. The summed E-state index contributed by atoms with van der Waals surface area (Å²) in [5, 5.41) is 12.6. The van der Waals surface area contributed by atoms with Crippen LogP contribution in [0.15, 0.2) is 0 Å². The second-order valence-electron chi connectivity index (χ2n) is 6.09. The zero-order valence-electron chi connectivity index (χ0n) is 13.5. The molecule has 0 aromatic heterocycles. The molecule has 0 aliphatic heterocycles. The second-order valence-corrected chi connectivity index (χ2v) is 6.09. The van der Waals surface area contributed by atoms with E-state index in [1.54, 1.807) is 6.92 Å². The van der Waals surface area contributed by atoms with Crippen LogP contribution >= 0.6 is 0 Å². The summed E-state index contributed by atoms with van der Waals surface area (Å²) in [6.45, 7) is 15.2. The summed E-state index contributed by atoms with van der Waals surface area (Å²) in [7, 11) is 0. The first-order chi connectivity index (χ1) is 8.75. The van der Waals surface area contributed by atoms with E-state index in [9.17, 15) is 9.90 Å². The van der Waals surface area contributed by atoms with Gasteiger partial charge in [0, 0.05) is 19.1 Å². The molecule has 19 heavy (non-hydrogen) atoms. The highest BCUT2D eigenvalue weighted by Gasteiger charge is 2.33. The highest BCUT2D eigenvalue weighted by Crippen LogP contribution is 2.14. The fourth-order valence-corrected chi connectivity index (χ4v) is 2.21. The van der Waals surface area contributed by atoms with E-state index in [0.717, 1.165) is 26.1 Å². The number of hydrogen-bond donors (Lipinski definition) is 2. The van der Waals surface area contributed by atoms with E-state index >= 15 is 0 Å². The maximum absolute atomic E-state index is 11.5. The lowest BCUT2D eigenvalue weighted by Gasteiger charge is -2.32. The molecule has 114 valence electrons. The Kier molecular flexibility index (Phi) is 8.26. The standard InChI is InChI=1S/C15H32N2O2/c1-7-13(5)11-17(8-2)10-9-15(6,14(18)19)16-12(3)4/h12-13,16H,7-11H2,1-6H3,(H,18,19). The highest BCUT2D eigenvalue weighted by atomic mass is 16.4. The average Bonchev–Trinajstić information content (AvgIpc) is 2.32. The van der Waals surface area contributed by atoms with Crippen LogP contribution in [0.5, 0.6) is 0 Å². The molecule has 0 rings (SSSR count). The molecule has 4 heteroatoms. The molecule has 0 spiro atoms. The van der Waals surface area contributed by atoms with Gasteiger partial charge in [-0.3, -0.25) is 10.1 Å². The van der Waals surface area contributed by atoms with Gasteiger partial charge in [-0.2, -0.15) is 0 Å². The van der Waals surface area contributed by atoms with E-state index in [0.29, 0.717) is 12.3 Å². The second kappa shape index (κ2) is 8.54. The number of aliphatic carboxylic acids is 1. The van der Waals surface area contributed by atoms with E-state index in [1.807, 2.05) is 13.8 Å². The average molecular weight is 272 g/mol. The first kappa shape index (κ1) is 18.4. The lowest BCUT2D eigenvalue weighted by Crippen LogP contribution is -2.54. The van der Waals surface area contributed by atoms with Gasteiger partial charge in [-0.05, 0) is 39.7 Å². The molecule has 0 heterocycles. The Morgan fingerprint density at radius 1 is 1.32 bits per heavy atom. The van der Waals surface area contributed by atoms with Crippen LogP contribution in [0.4, 0.5) is 0 Å². The van der Waals surface area contributed by atoms with Crippen molar-refractivity contribution in [2.45, 2.75) is 66.0 Å². The maximum Gasteiger partial charge on any atom is 0.323 e. The van der Waals surface area contributed by atoms with Crippen LogP contribution in [-0.4, -0.2) is 47.2 Å². The molecule has 2 unspecified atom stereocenters. The molecule has 0 saturated heterocycles. The monoisotopic (exact) mass is 272 g/mol. The summed E-state index contributed by atoms with van der Waals surface area (Å²) in [4.78, 5) is 13.8. The van der Waals surface area contributed by atoms with Crippen molar-refractivity contribution < 1.29 is 9.90 Å². The summed E-state index contributed by atoms with van der Waals surface area (Å²) < 4.78 is 0. The molecule has 0 aromatic carbocycles. The minimum absolute atomic E-state index is 0.172. The first-order valence-electron chi connectivity index (χ1n) is 7.48. The SMILES string of the molecule is CCC(C)CN(CC)CCC(C)(NC(C)C)C(=O)O. The fraction of sp³-hybridized carbons (Fsp3) is 0.933. The molecule has 0 aliphatic carbocycles. The zero-order chi connectivity index (χ0) is 15.1. The molecule has 0 fully saturated rings. The van der Waals surface area contributed by atoms with Crippen molar-refractivity contribution in [2.24, 2.45) is 5.92 Å². The van der Waals surface area contributed by atoms with Crippen molar-refractivity contribution in [1.29, 1.82) is 0 Å². The van der Waals surface area contributed by atoms with Gasteiger partial charge in [0.05, 0.1) is 0 Å². The van der Waals surface area contributed by atoms with Crippen molar-refractivity contribution in [3.05, 3.63) is 0 Å². The Balaban J connectivity index is 4.48. The smallest absolute Gasteiger partial charge is 0.323 e. The zero-order valence-corrected chi connectivity index (χ0v) is 13.5. The largest absolute Gasteiger partial charge is 0.480 e. The van der Waals surface area contributed by atoms with Crippen LogP contribution in [0.3, 0.4) is 0 Å². The Morgan fingerprint density at radius 3 is 2.26 bits per heavy atom. The molecule has 2 atom stereocenters. The van der Waals surface area contributed by atoms with Crippen molar-refractivity contribution in [3.63, 3.8) is 0 Å². The Bertz CT molecular complexity index is 269. The number of carbonyl (C=O) groups is 1. The molecule has 0 aliphatic rings. The summed E-state index contributed by atoms with van der Waals surface area (Å²) in [6, 6.07) is 0.172. The number of carboxylic acid groups (broad SMARTS) is 1. The van der Waals surface area contributed by atoms with Gasteiger partial charge in [0.15, 0.2) is 0 Å². The van der Waals surface area contributed by atoms with E-state index in [1.165, 1.54) is 0 Å². The van der Waals surface area contributed by atoms with Gasteiger partial charge < -0.3 is 10.0 Å². The molecular formula is C15H32N2O2. The number of hydrogen-bond acceptors (Lipinski definition) is 3. The van der Waals surface area contributed by atoms with E-state index in [-0.39, 0.29) is 6.04 Å². The van der Waals surface area contributed by atoms with Crippen molar-refractivity contribution in [2.75, 3.05) is 19.6 Å². The van der Waals surface area contributed by atoms with Gasteiger partial charge in [0.25, 0.3) is 0 Å². The maximum atomic E-state index is 11.5. The van der Waals surface area contributed by atoms with Crippen molar-refractivity contribution in [3.8, 4) is 0 Å².